The lowest BCUT2D eigenvalue weighted by Gasteiger charge is -2.36. The molecule has 0 radical (unpaired) electrons. The van der Waals surface area contributed by atoms with E-state index in [-0.39, 0.29) is 12.0 Å². The Morgan fingerprint density at radius 1 is 1.17 bits per heavy atom. The molecule has 0 saturated carbocycles. The van der Waals surface area contributed by atoms with Crippen LogP contribution in [-0.4, -0.2) is 35.4 Å². The Morgan fingerprint density at radius 3 is 2.88 bits per heavy atom. The molecule has 2 aliphatic heterocycles. The van der Waals surface area contributed by atoms with Gasteiger partial charge in [0.1, 0.15) is 5.82 Å². The quantitative estimate of drug-likeness (QED) is 0.854. The van der Waals surface area contributed by atoms with E-state index in [9.17, 15) is 4.79 Å². The maximum Gasteiger partial charge on any atom is 0.227 e. The summed E-state index contributed by atoms with van der Waals surface area (Å²) >= 11 is 1.72. The molecule has 0 unspecified atom stereocenters. The largest absolute Gasteiger partial charge is 0.356 e. The molecule has 2 aliphatic rings. The summed E-state index contributed by atoms with van der Waals surface area (Å²) in [6.45, 7) is 2.69. The minimum atomic E-state index is 0.0972. The molecule has 1 amide bonds. The summed E-state index contributed by atoms with van der Waals surface area (Å²) < 4.78 is 0. The molecule has 24 heavy (non-hydrogen) atoms. The first-order chi connectivity index (χ1) is 11.8. The molecule has 2 fully saturated rings. The van der Waals surface area contributed by atoms with Crippen molar-refractivity contribution in [3.8, 4) is 0 Å². The molecule has 0 spiro atoms. The van der Waals surface area contributed by atoms with Crippen molar-refractivity contribution in [2.24, 2.45) is 5.92 Å². The van der Waals surface area contributed by atoms with E-state index >= 15 is 0 Å². The van der Waals surface area contributed by atoms with Crippen molar-refractivity contribution in [2.75, 3.05) is 24.5 Å². The molecule has 126 valence electrons. The van der Waals surface area contributed by atoms with Crippen molar-refractivity contribution in [2.45, 2.75) is 31.7 Å². The van der Waals surface area contributed by atoms with Crippen LogP contribution in [0, 0.1) is 5.92 Å². The Kier molecular flexibility index (Phi) is 4.52. The number of hydrogen-bond donors (Lipinski definition) is 0. The third-order valence-corrected chi connectivity index (χ3v) is 5.91. The van der Waals surface area contributed by atoms with Crippen LogP contribution in [0.15, 0.2) is 41.2 Å². The summed E-state index contributed by atoms with van der Waals surface area (Å²) in [5, 5.41) is 4.30. The zero-order chi connectivity index (χ0) is 16.4. The van der Waals surface area contributed by atoms with Crippen LogP contribution < -0.4 is 4.90 Å². The van der Waals surface area contributed by atoms with Crippen LogP contribution in [-0.2, 0) is 4.79 Å². The predicted molar refractivity (Wildman–Crippen MR) is 97.2 cm³/mol. The van der Waals surface area contributed by atoms with Gasteiger partial charge in [0, 0.05) is 25.8 Å². The van der Waals surface area contributed by atoms with E-state index in [1.807, 2.05) is 24.4 Å². The van der Waals surface area contributed by atoms with Gasteiger partial charge in [-0.3, -0.25) is 4.79 Å². The van der Waals surface area contributed by atoms with Gasteiger partial charge in [-0.2, -0.15) is 11.3 Å². The highest BCUT2D eigenvalue weighted by atomic mass is 32.1. The number of aromatic nitrogens is 1. The third kappa shape index (κ3) is 3.05. The molecular formula is C19H23N3OS. The molecular weight excluding hydrogens is 318 g/mol. The Labute approximate surface area is 147 Å². The van der Waals surface area contributed by atoms with Crippen LogP contribution in [0.5, 0.6) is 0 Å². The van der Waals surface area contributed by atoms with E-state index in [0.717, 1.165) is 51.1 Å². The zero-order valence-corrected chi connectivity index (χ0v) is 14.6. The summed E-state index contributed by atoms with van der Waals surface area (Å²) in [4.78, 5) is 22.0. The van der Waals surface area contributed by atoms with Gasteiger partial charge in [-0.1, -0.05) is 6.07 Å². The lowest BCUT2D eigenvalue weighted by molar-refractivity contribution is -0.136. The van der Waals surface area contributed by atoms with E-state index in [2.05, 4.69) is 31.6 Å². The molecule has 0 aliphatic carbocycles. The highest BCUT2D eigenvalue weighted by Crippen LogP contribution is 2.35. The van der Waals surface area contributed by atoms with E-state index in [1.54, 1.807) is 11.3 Å². The Morgan fingerprint density at radius 2 is 2.08 bits per heavy atom. The summed E-state index contributed by atoms with van der Waals surface area (Å²) in [7, 11) is 0. The first kappa shape index (κ1) is 15.6. The topological polar surface area (TPSA) is 36.4 Å². The van der Waals surface area contributed by atoms with Crippen LogP contribution in [0.3, 0.4) is 0 Å². The van der Waals surface area contributed by atoms with Gasteiger partial charge in [-0.15, -0.1) is 0 Å². The number of likely N-dealkylation sites (tertiary alicyclic amines) is 1. The van der Waals surface area contributed by atoms with E-state index in [4.69, 9.17) is 0 Å². The van der Waals surface area contributed by atoms with Crippen LogP contribution in [0.2, 0.25) is 0 Å². The first-order valence-corrected chi connectivity index (χ1v) is 9.76. The lowest BCUT2D eigenvalue weighted by Crippen LogP contribution is -2.44. The van der Waals surface area contributed by atoms with Crippen LogP contribution in [0.1, 0.15) is 37.3 Å². The normalized spacial score (nSPS) is 24.3. The Bertz CT molecular complexity index is 673. The second kappa shape index (κ2) is 6.93. The summed E-state index contributed by atoms with van der Waals surface area (Å²) in [5.74, 6) is 1.43. The first-order valence-electron chi connectivity index (χ1n) is 8.81. The van der Waals surface area contributed by atoms with Gasteiger partial charge in [-0.25, -0.2) is 4.98 Å². The van der Waals surface area contributed by atoms with Crippen molar-refractivity contribution >= 4 is 23.1 Å². The molecule has 0 aromatic carbocycles. The molecule has 0 bridgehead atoms. The summed E-state index contributed by atoms with van der Waals surface area (Å²) in [5.41, 5.74) is 1.31. The molecule has 4 rings (SSSR count). The highest BCUT2D eigenvalue weighted by Gasteiger charge is 2.36. The van der Waals surface area contributed by atoms with Crippen LogP contribution >= 0.6 is 11.3 Å². The summed E-state index contributed by atoms with van der Waals surface area (Å²) in [6.07, 6.45) is 6.09. The van der Waals surface area contributed by atoms with Crippen molar-refractivity contribution < 1.29 is 4.79 Å². The molecule has 5 heteroatoms. The molecule has 2 aromatic rings. The lowest BCUT2D eigenvalue weighted by atomic mass is 9.95. The SMILES string of the molecule is O=C([C@H]1CCCN(c2ccccn2)C1)N1CCC[C@H]1c1ccsc1. The molecule has 2 saturated heterocycles. The standard InChI is InChI=1S/C19H23N3OS/c23-19(22-11-4-6-17(22)16-8-12-24-14-16)15-5-3-10-21(13-15)18-7-1-2-9-20-18/h1-2,7-9,12,14-15,17H,3-6,10-11,13H2/t15-,17-/m0/s1. The van der Waals surface area contributed by atoms with E-state index in [0.29, 0.717) is 5.91 Å². The fraction of sp³-hybridized carbons (Fsp3) is 0.474. The van der Waals surface area contributed by atoms with Gasteiger partial charge in [0.25, 0.3) is 0 Å². The molecule has 4 heterocycles. The Balaban J connectivity index is 1.47. The zero-order valence-electron chi connectivity index (χ0n) is 13.8. The number of pyridine rings is 1. The number of amides is 1. The smallest absolute Gasteiger partial charge is 0.227 e. The van der Waals surface area contributed by atoms with Gasteiger partial charge < -0.3 is 9.80 Å². The number of rotatable bonds is 3. The number of thiophene rings is 1. The molecule has 2 atom stereocenters. The average molecular weight is 341 g/mol. The van der Waals surface area contributed by atoms with E-state index < -0.39 is 0 Å². The number of carbonyl (C=O) groups is 1. The van der Waals surface area contributed by atoms with Gasteiger partial charge in [0.15, 0.2) is 0 Å². The number of piperidine rings is 1. The third-order valence-electron chi connectivity index (χ3n) is 5.21. The van der Waals surface area contributed by atoms with Crippen molar-refractivity contribution in [3.63, 3.8) is 0 Å². The second-order valence-electron chi connectivity index (χ2n) is 6.72. The highest BCUT2D eigenvalue weighted by molar-refractivity contribution is 7.07. The van der Waals surface area contributed by atoms with Gasteiger partial charge in [0.05, 0.1) is 12.0 Å². The van der Waals surface area contributed by atoms with Gasteiger partial charge >= 0.3 is 0 Å². The monoisotopic (exact) mass is 341 g/mol. The van der Waals surface area contributed by atoms with Crippen molar-refractivity contribution in [1.82, 2.24) is 9.88 Å². The van der Waals surface area contributed by atoms with Gasteiger partial charge in [0.2, 0.25) is 5.91 Å². The maximum atomic E-state index is 13.2. The number of anilines is 1. The summed E-state index contributed by atoms with van der Waals surface area (Å²) in [6, 6.07) is 8.44. The van der Waals surface area contributed by atoms with E-state index in [1.165, 1.54) is 5.56 Å². The van der Waals surface area contributed by atoms with Crippen LogP contribution in [0.25, 0.3) is 0 Å². The second-order valence-corrected chi connectivity index (χ2v) is 7.50. The maximum absolute atomic E-state index is 13.2. The van der Waals surface area contributed by atoms with Gasteiger partial charge in [-0.05, 0) is 60.2 Å². The average Bonchev–Trinajstić information content (AvgIpc) is 3.33. The van der Waals surface area contributed by atoms with Crippen molar-refractivity contribution in [1.29, 1.82) is 0 Å². The minimum absolute atomic E-state index is 0.0972. The molecule has 0 N–H and O–H groups in total. The molecule has 4 nitrogen and oxygen atoms in total. The minimum Gasteiger partial charge on any atom is -0.356 e. The van der Waals surface area contributed by atoms with Crippen molar-refractivity contribution in [3.05, 3.63) is 46.8 Å². The molecule has 2 aromatic heterocycles. The number of hydrogen-bond acceptors (Lipinski definition) is 4. The number of nitrogens with zero attached hydrogens (tertiary/aromatic N) is 3. The van der Waals surface area contributed by atoms with Crippen LogP contribution in [0.4, 0.5) is 5.82 Å². The fourth-order valence-electron chi connectivity index (χ4n) is 4.00. The Hall–Kier alpha value is -1.88. The fourth-order valence-corrected chi connectivity index (χ4v) is 4.71. The number of carbonyl (C=O) groups excluding carboxylic acids is 1. The predicted octanol–water partition coefficient (Wildman–Crippen LogP) is 3.72.